The van der Waals surface area contributed by atoms with Crippen molar-refractivity contribution in [2.45, 2.75) is 24.8 Å². The van der Waals surface area contributed by atoms with Gasteiger partial charge in [0, 0.05) is 61.3 Å². The number of nitrogens with zero attached hydrogens (tertiary/aromatic N) is 3. The van der Waals surface area contributed by atoms with Gasteiger partial charge in [-0.25, -0.2) is 4.79 Å². The number of hydrogen-bond donors (Lipinski definition) is 3. The molecule has 160 valence electrons. The molecule has 0 aromatic carbocycles. The first-order chi connectivity index (χ1) is 14.9. The van der Waals surface area contributed by atoms with E-state index in [-0.39, 0.29) is 0 Å². The van der Waals surface area contributed by atoms with Gasteiger partial charge >= 0.3 is 5.97 Å². The molecule has 0 bridgehead atoms. The van der Waals surface area contributed by atoms with Gasteiger partial charge in [0.15, 0.2) is 0 Å². The van der Waals surface area contributed by atoms with Crippen LogP contribution in [0.5, 0.6) is 5.75 Å². The number of carboxylic acid groups (broad SMARTS) is 1. The maximum Gasteiger partial charge on any atom is 0.337 e. The maximum atomic E-state index is 12.3. The molecule has 1 aliphatic carbocycles. The molecular weight excluding hydrogens is 394 g/mol. The van der Waals surface area contributed by atoms with Crippen LogP contribution in [0.3, 0.4) is 0 Å². The van der Waals surface area contributed by atoms with Crippen molar-refractivity contribution in [3.63, 3.8) is 0 Å². The number of rotatable bonds is 5. The summed E-state index contributed by atoms with van der Waals surface area (Å²) in [4.78, 5) is 21.1. The van der Waals surface area contributed by atoms with Crippen molar-refractivity contribution in [3.05, 3.63) is 53.1 Å². The third-order valence-electron chi connectivity index (χ3n) is 6.43. The highest BCUT2D eigenvalue weighted by atomic mass is 16.5. The quantitative estimate of drug-likeness (QED) is 0.578. The molecule has 0 unspecified atom stereocenters. The Bertz CT molecular complexity index is 1200. The van der Waals surface area contributed by atoms with Crippen molar-refractivity contribution in [2.24, 2.45) is 12.8 Å². The lowest BCUT2D eigenvalue weighted by Gasteiger charge is -2.39. The molecule has 1 aliphatic heterocycles. The summed E-state index contributed by atoms with van der Waals surface area (Å²) in [7, 11) is 3.55. The summed E-state index contributed by atoms with van der Waals surface area (Å²) in [6, 6.07) is 3.93. The van der Waals surface area contributed by atoms with Crippen LogP contribution < -0.4 is 15.8 Å². The smallest absolute Gasteiger partial charge is 0.337 e. The minimum atomic E-state index is -0.891. The van der Waals surface area contributed by atoms with E-state index in [0.29, 0.717) is 37.2 Å². The number of nitrogens with two attached hydrogens (primary N) is 1. The first kappa shape index (κ1) is 19.7. The molecule has 1 saturated heterocycles. The summed E-state index contributed by atoms with van der Waals surface area (Å²) >= 11 is 0. The van der Waals surface area contributed by atoms with Crippen LogP contribution in [0, 0.1) is 0 Å². The van der Waals surface area contributed by atoms with Gasteiger partial charge in [0.2, 0.25) is 0 Å². The van der Waals surface area contributed by atoms with E-state index in [1.165, 1.54) is 0 Å². The molecule has 5 rings (SSSR count). The van der Waals surface area contributed by atoms with Crippen LogP contribution in [0.15, 0.2) is 30.7 Å². The summed E-state index contributed by atoms with van der Waals surface area (Å²) < 4.78 is 7.32. The first-order valence-corrected chi connectivity index (χ1v) is 10.3. The van der Waals surface area contributed by atoms with Crippen LogP contribution in [-0.4, -0.2) is 51.3 Å². The Kier molecular flexibility index (Phi) is 4.56. The van der Waals surface area contributed by atoms with Gasteiger partial charge in [-0.1, -0.05) is 0 Å². The number of methoxy groups -OCH3 is 1. The van der Waals surface area contributed by atoms with Crippen LogP contribution in [0.25, 0.3) is 22.5 Å². The number of fused-ring (bicyclic) bond motifs is 3. The second kappa shape index (κ2) is 7.18. The molecule has 0 radical (unpaired) electrons. The monoisotopic (exact) mass is 419 g/mol. The Hall–Kier alpha value is -3.23. The number of aromatic nitrogens is 3. The summed E-state index contributed by atoms with van der Waals surface area (Å²) in [6.07, 6.45) is 7.25. The molecule has 3 aromatic rings. The summed E-state index contributed by atoms with van der Waals surface area (Å²) in [6.45, 7) is 1.38. The van der Waals surface area contributed by atoms with E-state index in [1.807, 2.05) is 29.9 Å². The molecule has 31 heavy (non-hydrogen) atoms. The van der Waals surface area contributed by atoms with Gasteiger partial charge in [-0.15, -0.1) is 0 Å². The van der Waals surface area contributed by atoms with Crippen LogP contribution >= 0.6 is 0 Å². The van der Waals surface area contributed by atoms with Gasteiger partial charge < -0.3 is 25.5 Å². The zero-order chi connectivity index (χ0) is 21.8. The van der Waals surface area contributed by atoms with Crippen LogP contribution in [0.1, 0.15) is 27.2 Å². The van der Waals surface area contributed by atoms with Crippen molar-refractivity contribution >= 4 is 5.97 Å². The highest BCUT2D eigenvalue weighted by molar-refractivity contribution is 5.95. The second-order valence-corrected chi connectivity index (χ2v) is 8.50. The van der Waals surface area contributed by atoms with Crippen molar-refractivity contribution < 1.29 is 14.6 Å². The fourth-order valence-corrected chi connectivity index (χ4v) is 4.74. The lowest BCUT2D eigenvalue weighted by atomic mass is 9.85. The van der Waals surface area contributed by atoms with E-state index < -0.39 is 11.5 Å². The van der Waals surface area contributed by atoms with Crippen LogP contribution in [0.2, 0.25) is 0 Å². The topological polar surface area (TPSA) is 115 Å². The average molecular weight is 419 g/mol. The van der Waals surface area contributed by atoms with E-state index in [0.717, 1.165) is 45.8 Å². The summed E-state index contributed by atoms with van der Waals surface area (Å²) in [5.74, 6) is -0.230. The molecule has 0 amide bonds. The molecule has 1 fully saturated rings. The SMILES string of the molecule is COc1cncc(-c2cc3c(cn2)CCc2c(C(=O)O)c(CC4(N)CNC4)n(C)c2-3)c1. The first-order valence-electron chi connectivity index (χ1n) is 10.3. The molecule has 4 N–H and O–H groups in total. The number of ether oxygens (including phenoxy) is 1. The number of nitrogens with one attached hydrogen (secondary N) is 1. The Balaban J connectivity index is 1.66. The maximum absolute atomic E-state index is 12.3. The standard InChI is InChI=1S/C23H25N5O3/c1-28-19(7-23(24)11-26-12-23)20(22(29)30)16-4-3-13-9-27-18(6-17(13)21(16)28)14-5-15(31-2)10-25-8-14/h5-6,8-10,26H,3-4,7,11-12,24H2,1-2H3,(H,29,30). The van der Waals surface area contributed by atoms with Gasteiger partial charge in [0.05, 0.1) is 30.3 Å². The van der Waals surface area contributed by atoms with E-state index in [9.17, 15) is 9.90 Å². The van der Waals surface area contributed by atoms with Crippen molar-refractivity contribution in [3.8, 4) is 28.3 Å². The number of carbonyl (C=O) groups is 1. The molecular formula is C23H25N5O3. The van der Waals surface area contributed by atoms with Crippen molar-refractivity contribution in [1.29, 1.82) is 0 Å². The molecule has 0 saturated carbocycles. The number of aryl methyl sites for hydroxylation is 1. The second-order valence-electron chi connectivity index (χ2n) is 8.50. The minimum Gasteiger partial charge on any atom is -0.495 e. The summed E-state index contributed by atoms with van der Waals surface area (Å²) in [5, 5.41) is 13.3. The Morgan fingerprint density at radius 2 is 2.10 bits per heavy atom. The highest BCUT2D eigenvalue weighted by Crippen LogP contribution is 2.40. The third kappa shape index (κ3) is 3.19. The molecule has 4 heterocycles. The predicted octanol–water partition coefficient (Wildman–Crippen LogP) is 1.80. The molecule has 8 heteroatoms. The Morgan fingerprint density at radius 1 is 1.29 bits per heavy atom. The van der Waals surface area contributed by atoms with Gasteiger partial charge in [-0.3, -0.25) is 9.97 Å². The Morgan fingerprint density at radius 3 is 2.77 bits per heavy atom. The summed E-state index contributed by atoms with van der Waals surface area (Å²) in [5.41, 5.74) is 12.8. The number of hydrogen-bond acceptors (Lipinski definition) is 6. The number of aromatic carboxylic acids is 1. The normalized spacial score (nSPS) is 16.2. The number of carboxylic acids is 1. The molecule has 2 aliphatic rings. The van der Waals surface area contributed by atoms with Gasteiger partial charge in [-0.05, 0) is 36.1 Å². The van der Waals surface area contributed by atoms with Crippen molar-refractivity contribution in [2.75, 3.05) is 20.2 Å². The third-order valence-corrected chi connectivity index (χ3v) is 6.43. The van der Waals surface area contributed by atoms with Crippen LogP contribution in [0.4, 0.5) is 0 Å². The fraction of sp³-hybridized carbons (Fsp3) is 0.348. The highest BCUT2D eigenvalue weighted by Gasteiger charge is 2.37. The van der Waals surface area contributed by atoms with E-state index in [2.05, 4.69) is 15.3 Å². The fourth-order valence-electron chi connectivity index (χ4n) is 4.74. The number of pyridine rings is 2. The van der Waals surface area contributed by atoms with Crippen LogP contribution in [-0.2, 0) is 26.3 Å². The zero-order valence-corrected chi connectivity index (χ0v) is 17.6. The van der Waals surface area contributed by atoms with Gasteiger partial charge in [0.1, 0.15) is 5.75 Å². The zero-order valence-electron chi connectivity index (χ0n) is 17.6. The van der Waals surface area contributed by atoms with Crippen molar-refractivity contribution in [1.82, 2.24) is 19.9 Å². The average Bonchev–Trinajstić information content (AvgIpc) is 3.04. The predicted molar refractivity (Wildman–Crippen MR) is 116 cm³/mol. The molecule has 8 nitrogen and oxygen atoms in total. The van der Waals surface area contributed by atoms with E-state index in [1.54, 1.807) is 19.5 Å². The molecule has 0 spiro atoms. The van der Waals surface area contributed by atoms with Gasteiger partial charge in [-0.2, -0.15) is 0 Å². The Labute approximate surface area is 180 Å². The minimum absolute atomic E-state index is 0.404. The molecule has 3 aromatic heterocycles. The largest absolute Gasteiger partial charge is 0.495 e. The van der Waals surface area contributed by atoms with E-state index >= 15 is 0 Å². The lowest BCUT2D eigenvalue weighted by Crippen LogP contribution is -2.67. The van der Waals surface area contributed by atoms with E-state index in [4.69, 9.17) is 10.5 Å². The molecule has 0 atom stereocenters. The lowest BCUT2D eigenvalue weighted by molar-refractivity contribution is 0.0693. The van der Waals surface area contributed by atoms with Gasteiger partial charge in [0.25, 0.3) is 0 Å².